The molecule has 68 valence electrons. The highest BCUT2D eigenvalue weighted by Crippen LogP contribution is 2.32. The highest BCUT2D eigenvalue weighted by molar-refractivity contribution is 9.10. The Bertz CT molecular complexity index is 531. The van der Waals surface area contributed by atoms with Crippen LogP contribution in [0.15, 0.2) is 15.0 Å². The fourth-order valence-electron chi connectivity index (χ4n) is 1.11. The third-order valence-corrected chi connectivity index (χ3v) is 3.37. The van der Waals surface area contributed by atoms with Crippen LogP contribution in [0, 0.1) is 11.8 Å². The summed E-state index contributed by atoms with van der Waals surface area (Å²) < 4.78 is 6.14. The maximum Gasteiger partial charge on any atom is 0.266 e. The Morgan fingerprint density at radius 3 is 3.00 bits per heavy atom. The summed E-state index contributed by atoms with van der Waals surface area (Å²) in [7, 11) is 0. The first-order valence-corrected chi connectivity index (χ1v) is 5.15. The summed E-state index contributed by atoms with van der Waals surface area (Å²) >= 11 is 14.2. The lowest BCUT2D eigenvalue weighted by molar-refractivity contribution is 0.581. The van der Waals surface area contributed by atoms with E-state index in [1.54, 1.807) is 6.07 Å². The second kappa shape index (κ2) is 3.12. The van der Waals surface area contributed by atoms with E-state index >= 15 is 0 Å². The van der Waals surface area contributed by atoms with Crippen molar-refractivity contribution >= 4 is 50.8 Å². The zero-order valence-electron chi connectivity index (χ0n) is 6.65. The van der Waals surface area contributed by atoms with Crippen LogP contribution in [0.4, 0.5) is 0 Å². The fourth-order valence-corrected chi connectivity index (χ4v) is 2.13. The summed E-state index contributed by atoms with van der Waals surface area (Å²) in [6.45, 7) is 1.91. The topological polar surface area (TPSA) is 28.9 Å². The average molecular weight is 279 g/mol. The molecule has 0 saturated heterocycles. The Balaban J connectivity index is 3.00. The van der Waals surface area contributed by atoms with E-state index in [4.69, 9.17) is 28.2 Å². The molecule has 1 N–H and O–H groups in total. The van der Waals surface area contributed by atoms with E-state index < -0.39 is 0 Å². The van der Waals surface area contributed by atoms with Crippen molar-refractivity contribution in [2.45, 2.75) is 6.92 Å². The normalized spacial score (nSPS) is 11.0. The summed E-state index contributed by atoms with van der Waals surface area (Å²) in [6.07, 6.45) is 0. The van der Waals surface area contributed by atoms with Gasteiger partial charge in [-0.25, -0.2) is 0 Å². The molecule has 0 radical (unpaired) electrons. The lowest BCUT2D eigenvalue weighted by Gasteiger charge is -2.00. The number of oxazole rings is 1. The van der Waals surface area contributed by atoms with Gasteiger partial charge in [0, 0.05) is 5.02 Å². The number of hydrogen-bond donors (Lipinski definition) is 1. The molecule has 0 fully saturated rings. The molecule has 0 unspecified atom stereocenters. The second-order valence-electron chi connectivity index (χ2n) is 2.69. The molecular weight excluding hydrogens is 274 g/mol. The van der Waals surface area contributed by atoms with E-state index in [2.05, 4.69) is 20.9 Å². The van der Waals surface area contributed by atoms with Gasteiger partial charge in [-0.1, -0.05) is 11.6 Å². The quantitative estimate of drug-likeness (QED) is 0.731. The number of H-pyrrole nitrogens is 1. The molecule has 2 aromatic rings. The van der Waals surface area contributed by atoms with Crippen molar-refractivity contribution in [2.24, 2.45) is 0 Å². The zero-order valence-corrected chi connectivity index (χ0v) is 9.81. The number of aromatic nitrogens is 1. The number of rotatable bonds is 0. The van der Waals surface area contributed by atoms with Gasteiger partial charge in [0.15, 0.2) is 5.58 Å². The Morgan fingerprint density at radius 2 is 2.31 bits per heavy atom. The molecule has 1 aromatic heterocycles. The highest BCUT2D eigenvalue weighted by atomic mass is 79.9. The molecule has 0 aliphatic carbocycles. The average Bonchev–Trinajstić information content (AvgIpc) is 2.42. The predicted octanol–water partition coefficient (Wildman–Crippen LogP) is 4.21. The minimum atomic E-state index is 0.359. The van der Waals surface area contributed by atoms with Gasteiger partial charge in [0.2, 0.25) is 0 Å². The molecule has 0 aliphatic rings. The molecule has 2 nitrogen and oxygen atoms in total. The third-order valence-electron chi connectivity index (χ3n) is 1.83. The van der Waals surface area contributed by atoms with Crippen LogP contribution in [-0.2, 0) is 0 Å². The summed E-state index contributed by atoms with van der Waals surface area (Å²) in [5, 5.41) is 0.687. The van der Waals surface area contributed by atoms with Gasteiger partial charge >= 0.3 is 0 Å². The van der Waals surface area contributed by atoms with E-state index in [1.807, 2.05) is 6.92 Å². The highest BCUT2D eigenvalue weighted by Gasteiger charge is 2.09. The van der Waals surface area contributed by atoms with E-state index in [0.29, 0.717) is 15.4 Å². The molecular formula is C8H5BrClNOS. The van der Waals surface area contributed by atoms with Crippen LogP contribution in [0.3, 0.4) is 0 Å². The van der Waals surface area contributed by atoms with E-state index in [0.717, 1.165) is 15.6 Å². The van der Waals surface area contributed by atoms with Gasteiger partial charge in [-0.15, -0.1) is 0 Å². The van der Waals surface area contributed by atoms with E-state index in [-0.39, 0.29) is 0 Å². The summed E-state index contributed by atoms with van der Waals surface area (Å²) in [6, 6.07) is 1.80. The van der Waals surface area contributed by atoms with Gasteiger partial charge in [0.05, 0.1) is 9.99 Å². The molecule has 1 aromatic carbocycles. The van der Waals surface area contributed by atoms with Crippen LogP contribution in [0.2, 0.25) is 5.02 Å². The molecule has 5 heteroatoms. The van der Waals surface area contributed by atoms with Crippen LogP contribution in [0.1, 0.15) is 5.56 Å². The van der Waals surface area contributed by atoms with Crippen LogP contribution in [-0.4, -0.2) is 4.98 Å². The number of benzene rings is 1. The van der Waals surface area contributed by atoms with Crippen molar-refractivity contribution in [1.29, 1.82) is 0 Å². The smallest absolute Gasteiger partial charge is 0.266 e. The fraction of sp³-hybridized carbons (Fsp3) is 0.125. The third kappa shape index (κ3) is 1.43. The van der Waals surface area contributed by atoms with E-state index in [1.165, 1.54) is 0 Å². The molecule has 0 atom stereocenters. The number of halogens is 2. The van der Waals surface area contributed by atoms with Crippen LogP contribution >= 0.6 is 39.7 Å². The van der Waals surface area contributed by atoms with Crippen LogP contribution < -0.4 is 0 Å². The molecule has 0 amide bonds. The first-order valence-electron chi connectivity index (χ1n) is 3.57. The lowest BCUT2D eigenvalue weighted by atomic mass is 10.2. The van der Waals surface area contributed by atoms with Gasteiger partial charge in [-0.3, -0.25) is 0 Å². The van der Waals surface area contributed by atoms with Crippen molar-refractivity contribution in [3.8, 4) is 0 Å². The molecule has 1 heterocycles. The van der Waals surface area contributed by atoms with Crippen molar-refractivity contribution < 1.29 is 4.42 Å². The first-order chi connectivity index (χ1) is 6.09. The number of fused-ring (bicyclic) bond motifs is 1. The molecule has 0 aliphatic heterocycles. The van der Waals surface area contributed by atoms with Gasteiger partial charge in [0.1, 0.15) is 0 Å². The SMILES string of the molecule is Cc1c(Cl)cc2[nH]c(=S)oc2c1Br. The Morgan fingerprint density at radius 1 is 1.62 bits per heavy atom. The van der Waals surface area contributed by atoms with Crippen LogP contribution in [0.5, 0.6) is 0 Å². The van der Waals surface area contributed by atoms with Gasteiger partial charge < -0.3 is 9.40 Å². The molecule has 0 bridgehead atoms. The maximum atomic E-state index is 5.98. The largest absolute Gasteiger partial charge is 0.428 e. The lowest BCUT2D eigenvalue weighted by Crippen LogP contribution is -1.79. The summed E-state index contributed by atoms with van der Waals surface area (Å²) in [5.41, 5.74) is 2.48. The van der Waals surface area contributed by atoms with Gasteiger partial charge in [0.25, 0.3) is 4.84 Å². The minimum Gasteiger partial charge on any atom is -0.428 e. The molecule has 2 rings (SSSR count). The first kappa shape index (κ1) is 9.24. The molecule has 0 saturated carbocycles. The summed E-state index contributed by atoms with van der Waals surface area (Å²) in [5.74, 6) is 0. The molecule has 13 heavy (non-hydrogen) atoms. The number of hydrogen-bond acceptors (Lipinski definition) is 2. The van der Waals surface area contributed by atoms with Crippen LogP contribution in [0.25, 0.3) is 11.1 Å². The Hall–Kier alpha value is -0.320. The number of nitrogens with one attached hydrogen (secondary N) is 1. The van der Waals surface area contributed by atoms with Gasteiger partial charge in [-0.05, 0) is 46.7 Å². The van der Waals surface area contributed by atoms with Crippen molar-refractivity contribution in [2.75, 3.05) is 0 Å². The van der Waals surface area contributed by atoms with Crippen molar-refractivity contribution in [3.05, 3.63) is 26.0 Å². The number of aromatic amines is 1. The minimum absolute atomic E-state index is 0.359. The maximum absolute atomic E-state index is 5.98. The second-order valence-corrected chi connectivity index (χ2v) is 4.26. The summed E-state index contributed by atoms with van der Waals surface area (Å²) in [4.78, 5) is 3.26. The Kier molecular flexibility index (Phi) is 2.21. The van der Waals surface area contributed by atoms with Crippen molar-refractivity contribution in [1.82, 2.24) is 4.98 Å². The van der Waals surface area contributed by atoms with Gasteiger partial charge in [-0.2, -0.15) is 0 Å². The monoisotopic (exact) mass is 277 g/mol. The zero-order chi connectivity index (χ0) is 9.59. The molecule has 0 spiro atoms. The standard InChI is InChI=1S/C8H5BrClNOS/c1-3-4(10)2-5-7(6(3)9)12-8(13)11-5/h2H,1H3,(H,11,13). The van der Waals surface area contributed by atoms with E-state index in [9.17, 15) is 0 Å². The predicted molar refractivity (Wildman–Crippen MR) is 58.8 cm³/mol. The Labute approximate surface area is 93.0 Å². The van der Waals surface area contributed by atoms with Crippen molar-refractivity contribution in [3.63, 3.8) is 0 Å².